The maximum absolute atomic E-state index is 12.1. The second-order valence-electron chi connectivity index (χ2n) is 7.57. The van der Waals surface area contributed by atoms with Crippen molar-refractivity contribution in [2.24, 2.45) is 16.8 Å². The molecule has 150 valence electrons. The number of carbonyl (C=O) groups excluding carboxylic acids is 1. The molecule has 2 atom stereocenters. The van der Waals surface area contributed by atoms with Crippen molar-refractivity contribution in [1.82, 2.24) is 15.5 Å². The molecule has 1 heterocycles. The number of guanidine groups is 1. The second-order valence-corrected chi connectivity index (χ2v) is 7.57. The third kappa shape index (κ3) is 5.83. The summed E-state index contributed by atoms with van der Waals surface area (Å²) in [6, 6.07) is 7.84. The van der Waals surface area contributed by atoms with Crippen LogP contribution in [0.1, 0.15) is 54.9 Å². The Balaban J connectivity index is 0.00000261. The number of amides is 1. The zero-order valence-corrected chi connectivity index (χ0v) is 18.9. The van der Waals surface area contributed by atoms with Crippen LogP contribution in [0.5, 0.6) is 0 Å². The van der Waals surface area contributed by atoms with E-state index in [4.69, 9.17) is 0 Å². The van der Waals surface area contributed by atoms with Gasteiger partial charge in [-0.3, -0.25) is 9.79 Å². The number of hydrogen-bond acceptors (Lipinski definition) is 2. The number of nitrogens with one attached hydrogen (secondary N) is 2. The van der Waals surface area contributed by atoms with Gasteiger partial charge in [-0.1, -0.05) is 31.9 Å². The molecule has 2 aliphatic rings. The standard InChI is InChI=1S/C21H32N4O.HI/c1-3-11-23-20(26)17-10-6-7-16(12-17)13-24-21(22-2)25-14-18-8-4-5-9-19(18)15-25;/h6-7,10,12,18-19H,3-5,8-9,11,13-15H2,1-2H3,(H,22,24)(H,23,26);1H. The predicted molar refractivity (Wildman–Crippen MR) is 122 cm³/mol. The summed E-state index contributed by atoms with van der Waals surface area (Å²) < 4.78 is 0. The quantitative estimate of drug-likeness (QED) is 0.381. The van der Waals surface area contributed by atoms with E-state index in [1.807, 2.05) is 25.2 Å². The Hall–Kier alpha value is -1.31. The van der Waals surface area contributed by atoms with Crippen molar-refractivity contribution >= 4 is 35.8 Å². The fraction of sp³-hybridized carbons (Fsp3) is 0.619. The minimum absolute atomic E-state index is 0. The molecule has 1 aliphatic heterocycles. The average molecular weight is 484 g/mol. The Morgan fingerprint density at radius 2 is 1.89 bits per heavy atom. The molecule has 0 radical (unpaired) electrons. The van der Waals surface area contributed by atoms with Gasteiger partial charge in [-0.25, -0.2) is 0 Å². The molecule has 1 aliphatic carbocycles. The van der Waals surface area contributed by atoms with Crippen LogP contribution in [0.3, 0.4) is 0 Å². The molecule has 3 rings (SSSR count). The number of hydrogen-bond donors (Lipinski definition) is 2. The summed E-state index contributed by atoms with van der Waals surface area (Å²) in [7, 11) is 1.86. The molecule has 2 N–H and O–H groups in total. The number of aliphatic imine (C=N–C) groups is 1. The summed E-state index contributed by atoms with van der Waals surface area (Å²) in [6.45, 7) is 5.72. The van der Waals surface area contributed by atoms with Gasteiger partial charge in [0.1, 0.15) is 0 Å². The van der Waals surface area contributed by atoms with E-state index in [9.17, 15) is 4.79 Å². The van der Waals surface area contributed by atoms with Crippen LogP contribution in [0.2, 0.25) is 0 Å². The first kappa shape index (κ1) is 22.0. The lowest BCUT2D eigenvalue weighted by Gasteiger charge is -2.22. The maximum atomic E-state index is 12.1. The fourth-order valence-corrected chi connectivity index (χ4v) is 4.26. The fourth-order valence-electron chi connectivity index (χ4n) is 4.26. The van der Waals surface area contributed by atoms with Gasteiger partial charge < -0.3 is 15.5 Å². The molecule has 1 saturated heterocycles. The number of rotatable bonds is 5. The van der Waals surface area contributed by atoms with E-state index in [2.05, 4.69) is 33.5 Å². The first-order valence-electron chi connectivity index (χ1n) is 10.0. The maximum Gasteiger partial charge on any atom is 0.251 e. The van der Waals surface area contributed by atoms with E-state index in [1.54, 1.807) is 0 Å². The highest BCUT2D eigenvalue weighted by Gasteiger charge is 2.35. The third-order valence-corrected chi connectivity index (χ3v) is 5.66. The zero-order chi connectivity index (χ0) is 18.4. The Labute approximate surface area is 180 Å². The Bertz CT molecular complexity index is 635. The number of carbonyl (C=O) groups is 1. The Morgan fingerprint density at radius 3 is 2.52 bits per heavy atom. The number of halogens is 1. The van der Waals surface area contributed by atoms with Crippen LogP contribution < -0.4 is 10.6 Å². The Kier molecular flexibility index (Phi) is 8.86. The smallest absolute Gasteiger partial charge is 0.251 e. The van der Waals surface area contributed by atoms with Crippen molar-refractivity contribution in [3.63, 3.8) is 0 Å². The van der Waals surface area contributed by atoms with Crippen LogP contribution in [-0.2, 0) is 6.54 Å². The molecule has 0 aromatic heterocycles. The summed E-state index contributed by atoms with van der Waals surface area (Å²) in [5, 5.41) is 6.42. The average Bonchev–Trinajstić information content (AvgIpc) is 3.10. The van der Waals surface area contributed by atoms with Gasteiger partial charge in [0.25, 0.3) is 5.91 Å². The van der Waals surface area contributed by atoms with E-state index in [1.165, 1.54) is 25.7 Å². The lowest BCUT2D eigenvalue weighted by atomic mass is 9.82. The molecule has 2 fully saturated rings. The van der Waals surface area contributed by atoms with Gasteiger partial charge >= 0.3 is 0 Å². The molecule has 0 spiro atoms. The van der Waals surface area contributed by atoms with Crippen molar-refractivity contribution in [2.45, 2.75) is 45.6 Å². The SMILES string of the molecule is CCCNC(=O)c1cccc(CNC(=NC)N2CC3CCCCC3C2)c1.I. The van der Waals surface area contributed by atoms with E-state index in [-0.39, 0.29) is 29.9 Å². The van der Waals surface area contributed by atoms with Crippen molar-refractivity contribution < 1.29 is 4.79 Å². The van der Waals surface area contributed by atoms with Crippen LogP contribution in [-0.4, -0.2) is 43.4 Å². The van der Waals surface area contributed by atoms with Gasteiger partial charge in [-0.15, -0.1) is 24.0 Å². The summed E-state index contributed by atoms with van der Waals surface area (Å²) in [5.41, 5.74) is 1.83. The summed E-state index contributed by atoms with van der Waals surface area (Å²) in [5.74, 6) is 2.67. The highest BCUT2D eigenvalue weighted by Crippen LogP contribution is 2.35. The minimum atomic E-state index is 0. The first-order chi connectivity index (χ1) is 12.7. The molecule has 1 aromatic carbocycles. The van der Waals surface area contributed by atoms with Crippen LogP contribution in [0, 0.1) is 11.8 Å². The number of likely N-dealkylation sites (tertiary alicyclic amines) is 1. The normalized spacial score (nSPS) is 22.0. The highest BCUT2D eigenvalue weighted by atomic mass is 127. The van der Waals surface area contributed by atoms with Crippen LogP contribution in [0.15, 0.2) is 29.3 Å². The van der Waals surface area contributed by atoms with Gasteiger partial charge in [0.2, 0.25) is 0 Å². The van der Waals surface area contributed by atoms with Crippen LogP contribution in [0.4, 0.5) is 0 Å². The van der Waals surface area contributed by atoms with Crippen molar-refractivity contribution in [1.29, 1.82) is 0 Å². The monoisotopic (exact) mass is 484 g/mol. The van der Waals surface area contributed by atoms with Crippen LogP contribution in [0.25, 0.3) is 0 Å². The van der Waals surface area contributed by atoms with E-state index in [0.29, 0.717) is 13.1 Å². The largest absolute Gasteiger partial charge is 0.352 e. The van der Waals surface area contributed by atoms with E-state index in [0.717, 1.165) is 48.4 Å². The second kappa shape index (κ2) is 10.9. The Morgan fingerprint density at radius 1 is 1.19 bits per heavy atom. The topological polar surface area (TPSA) is 56.7 Å². The third-order valence-electron chi connectivity index (χ3n) is 5.66. The van der Waals surface area contributed by atoms with Crippen molar-refractivity contribution in [3.8, 4) is 0 Å². The minimum Gasteiger partial charge on any atom is -0.352 e. The number of fused-ring (bicyclic) bond motifs is 1. The van der Waals surface area contributed by atoms with Gasteiger partial charge in [-0.05, 0) is 48.8 Å². The number of nitrogens with zero attached hydrogens (tertiary/aromatic N) is 2. The number of benzene rings is 1. The van der Waals surface area contributed by atoms with Gasteiger partial charge in [0.05, 0.1) is 0 Å². The molecule has 0 bridgehead atoms. The molecule has 1 aromatic rings. The van der Waals surface area contributed by atoms with E-state index < -0.39 is 0 Å². The molecule has 2 unspecified atom stereocenters. The highest BCUT2D eigenvalue weighted by molar-refractivity contribution is 14.0. The lowest BCUT2D eigenvalue weighted by Crippen LogP contribution is -2.39. The molecule has 27 heavy (non-hydrogen) atoms. The first-order valence-corrected chi connectivity index (χ1v) is 10.0. The lowest BCUT2D eigenvalue weighted by molar-refractivity contribution is 0.0953. The van der Waals surface area contributed by atoms with Gasteiger partial charge in [0.15, 0.2) is 5.96 Å². The summed E-state index contributed by atoms with van der Waals surface area (Å²) in [6.07, 6.45) is 6.45. The van der Waals surface area contributed by atoms with Crippen molar-refractivity contribution in [3.05, 3.63) is 35.4 Å². The summed E-state index contributed by atoms with van der Waals surface area (Å²) >= 11 is 0. The van der Waals surface area contributed by atoms with Crippen LogP contribution >= 0.6 is 24.0 Å². The van der Waals surface area contributed by atoms with Gasteiger partial charge in [-0.2, -0.15) is 0 Å². The van der Waals surface area contributed by atoms with Gasteiger partial charge in [0, 0.05) is 38.8 Å². The molecule has 5 nitrogen and oxygen atoms in total. The molecular formula is C21H33IN4O. The van der Waals surface area contributed by atoms with Crippen molar-refractivity contribution in [2.75, 3.05) is 26.7 Å². The predicted octanol–water partition coefficient (Wildman–Crippen LogP) is 3.64. The molecule has 1 amide bonds. The molecule has 6 heteroatoms. The summed E-state index contributed by atoms with van der Waals surface area (Å²) in [4.78, 5) is 19.0. The zero-order valence-electron chi connectivity index (χ0n) is 16.5. The molecule has 1 saturated carbocycles. The molecular weight excluding hydrogens is 451 g/mol. The van der Waals surface area contributed by atoms with E-state index >= 15 is 0 Å².